The summed E-state index contributed by atoms with van der Waals surface area (Å²) in [6.45, 7) is 7.23. The van der Waals surface area contributed by atoms with E-state index in [0.717, 1.165) is 36.9 Å². The van der Waals surface area contributed by atoms with Crippen LogP contribution >= 0.6 is 11.6 Å². The van der Waals surface area contributed by atoms with Gasteiger partial charge >= 0.3 is 0 Å². The molecule has 21 heavy (non-hydrogen) atoms. The number of hydrogen-bond acceptors (Lipinski definition) is 3. The fourth-order valence-electron chi connectivity index (χ4n) is 2.90. The van der Waals surface area contributed by atoms with Gasteiger partial charge in [0, 0.05) is 36.5 Å². The second kappa shape index (κ2) is 5.78. The van der Waals surface area contributed by atoms with Crippen LogP contribution in [-0.2, 0) is 18.4 Å². The SMILES string of the molecule is CC(C)Cn1ncnc1CC1(c2cccc(Cl)c2)CNC1. The molecule has 0 amide bonds. The van der Waals surface area contributed by atoms with Gasteiger partial charge in [0.05, 0.1) is 0 Å². The van der Waals surface area contributed by atoms with E-state index in [4.69, 9.17) is 11.6 Å². The zero-order chi connectivity index (χ0) is 14.9. The van der Waals surface area contributed by atoms with Gasteiger partial charge in [-0.1, -0.05) is 37.6 Å². The molecule has 0 saturated carbocycles. The third kappa shape index (κ3) is 2.97. The fraction of sp³-hybridized carbons (Fsp3) is 0.500. The van der Waals surface area contributed by atoms with Crippen LogP contribution < -0.4 is 5.32 Å². The summed E-state index contributed by atoms with van der Waals surface area (Å²) in [5.74, 6) is 1.62. The summed E-state index contributed by atoms with van der Waals surface area (Å²) in [6.07, 6.45) is 2.56. The summed E-state index contributed by atoms with van der Waals surface area (Å²) in [6, 6.07) is 8.18. The van der Waals surface area contributed by atoms with Crippen molar-refractivity contribution < 1.29 is 0 Å². The first kappa shape index (κ1) is 14.5. The average molecular weight is 305 g/mol. The molecule has 0 radical (unpaired) electrons. The maximum Gasteiger partial charge on any atom is 0.138 e. The minimum Gasteiger partial charge on any atom is -0.315 e. The second-order valence-electron chi connectivity index (χ2n) is 6.32. The van der Waals surface area contributed by atoms with Gasteiger partial charge in [0.25, 0.3) is 0 Å². The molecule has 5 heteroatoms. The van der Waals surface area contributed by atoms with Crippen molar-refractivity contribution >= 4 is 11.6 Å². The van der Waals surface area contributed by atoms with Crippen molar-refractivity contribution in [3.05, 3.63) is 47.0 Å². The Labute approximate surface area is 130 Å². The van der Waals surface area contributed by atoms with E-state index >= 15 is 0 Å². The molecule has 0 atom stereocenters. The highest BCUT2D eigenvalue weighted by Crippen LogP contribution is 2.33. The van der Waals surface area contributed by atoms with Gasteiger partial charge in [0.1, 0.15) is 12.2 Å². The number of rotatable bonds is 5. The van der Waals surface area contributed by atoms with E-state index in [9.17, 15) is 0 Å². The highest BCUT2D eigenvalue weighted by Gasteiger charge is 2.40. The molecule has 2 heterocycles. The molecule has 1 N–H and O–H groups in total. The standard InChI is InChI=1S/C16H21ClN4/c1-12(2)8-21-15(19-11-20-21)7-16(9-18-10-16)13-4-3-5-14(17)6-13/h3-6,11-12,18H,7-10H2,1-2H3. The molecule has 0 aliphatic carbocycles. The average Bonchev–Trinajstić information content (AvgIpc) is 2.80. The summed E-state index contributed by atoms with van der Waals surface area (Å²) < 4.78 is 2.04. The zero-order valence-corrected chi connectivity index (χ0v) is 13.3. The number of halogens is 1. The number of nitrogens with zero attached hydrogens (tertiary/aromatic N) is 3. The van der Waals surface area contributed by atoms with E-state index < -0.39 is 0 Å². The van der Waals surface area contributed by atoms with Crippen molar-refractivity contribution in [2.24, 2.45) is 5.92 Å². The maximum absolute atomic E-state index is 6.16. The van der Waals surface area contributed by atoms with Crippen molar-refractivity contribution in [1.29, 1.82) is 0 Å². The van der Waals surface area contributed by atoms with Gasteiger partial charge in [0.2, 0.25) is 0 Å². The lowest BCUT2D eigenvalue weighted by molar-refractivity contribution is 0.264. The van der Waals surface area contributed by atoms with E-state index in [0.29, 0.717) is 5.92 Å². The van der Waals surface area contributed by atoms with E-state index in [-0.39, 0.29) is 5.41 Å². The van der Waals surface area contributed by atoms with Gasteiger partial charge in [-0.05, 0) is 23.6 Å². The molecule has 0 spiro atoms. The van der Waals surface area contributed by atoms with Crippen molar-refractivity contribution in [2.45, 2.75) is 32.2 Å². The smallest absolute Gasteiger partial charge is 0.138 e. The minimum atomic E-state index is 0.0899. The minimum absolute atomic E-state index is 0.0899. The Hall–Kier alpha value is -1.39. The molecule has 3 rings (SSSR count). The number of benzene rings is 1. The highest BCUT2D eigenvalue weighted by molar-refractivity contribution is 6.30. The quantitative estimate of drug-likeness (QED) is 0.923. The monoisotopic (exact) mass is 304 g/mol. The van der Waals surface area contributed by atoms with Crippen LogP contribution in [0.4, 0.5) is 0 Å². The maximum atomic E-state index is 6.16. The molecular weight excluding hydrogens is 284 g/mol. The fourth-order valence-corrected chi connectivity index (χ4v) is 3.09. The molecule has 4 nitrogen and oxygen atoms in total. The molecule has 1 fully saturated rings. The second-order valence-corrected chi connectivity index (χ2v) is 6.76. The lowest BCUT2D eigenvalue weighted by Gasteiger charge is -2.43. The van der Waals surface area contributed by atoms with Gasteiger partial charge in [-0.25, -0.2) is 9.67 Å². The van der Waals surface area contributed by atoms with Gasteiger partial charge in [-0.3, -0.25) is 0 Å². The van der Waals surface area contributed by atoms with Gasteiger partial charge in [-0.15, -0.1) is 0 Å². The Bertz CT molecular complexity index is 616. The van der Waals surface area contributed by atoms with Crippen LogP contribution in [0.25, 0.3) is 0 Å². The Morgan fingerprint density at radius 3 is 2.81 bits per heavy atom. The molecule has 1 saturated heterocycles. The largest absolute Gasteiger partial charge is 0.315 e. The predicted molar refractivity (Wildman–Crippen MR) is 84.6 cm³/mol. The Morgan fingerprint density at radius 1 is 1.38 bits per heavy atom. The van der Waals surface area contributed by atoms with E-state index in [2.05, 4.69) is 41.4 Å². The summed E-state index contributed by atoms with van der Waals surface area (Å²) in [7, 11) is 0. The molecule has 112 valence electrons. The van der Waals surface area contributed by atoms with Gasteiger partial charge in [-0.2, -0.15) is 5.10 Å². The Morgan fingerprint density at radius 2 is 2.19 bits per heavy atom. The molecular formula is C16H21ClN4. The van der Waals surface area contributed by atoms with Crippen molar-refractivity contribution in [3.8, 4) is 0 Å². The third-order valence-electron chi connectivity index (χ3n) is 4.09. The first-order valence-corrected chi connectivity index (χ1v) is 7.80. The molecule has 0 bridgehead atoms. The van der Waals surface area contributed by atoms with Crippen LogP contribution in [0.1, 0.15) is 25.2 Å². The third-order valence-corrected chi connectivity index (χ3v) is 4.33. The van der Waals surface area contributed by atoms with Crippen LogP contribution in [0.5, 0.6) is 0 Å². The van der Waals surface area contributed by atoms with Crippen molar-refractivity contribution in [1.82, 2.24) is 20.1 Å². The van der Waals surface area contributed by atoms with Crippen LogP contribution in [0, 0.1) is 5.92 Å². The zero-order valence-electron chi connectivity index (χ0n) is 12.5. The molecule has 0 unspecified atom stereocenters. The van der Waals surface area contributed by atoms with Gasteiger partial charge in [0.15, 0.2) is 0 Å². The molecule has 1 aliphatic rings. The van der Waals surface area contributed by atoms with E-state index in [1.54, 1.807) is 6.33 Å². The molecule has 1 aromatic carbocycles. The van der Waals surface area contributed by atoms with Crippen LogP contribution in [0.15, 0.2) is 30.6 Å². The van der Waals surface area contributed by atoms with Crippen LogP contribution in [0.3, 0.4) is 0 Å². The first-order valence-electron chi connectivity index (χ1n) is 7.42. The van der Waals surface area contributed by atoms with Crippen LogP contribution in [0.2, 0.25) is 5.02 Å². The highest BCUT2D eigenvalue weighted by atomic mass is 35.5. The summed E-state index contributed by atoms with van der Waals surface area (Å²) in [4.78, 5) is 4.48. The first-order chi connectivity index (χ1) is 10.1. The van der Waals surface area contributed by atoms with Crippen LogP contribution in [-0.4, -0.2) is 27.9 Å². The summed E-state index contributed by atoms with van der Waals surface area (Å²) in [5, 5.41) is 8.56. The Balaban J connectivity index is 1.86. The predicted octanol–water partition coefficient (Wildman–Crippen LogP) is 2.67. The summed E-state index contributed by atoms with van der Waals surface area (Å²) in [5.41, 5.74) is 1.37. The normalized spacial score (nSPS) is 17.0. The number of aromatic nitrogens is 3. The van der Waals surface area contributed by atoms with E-state index in [1.165, 1.54) is 5.56 Å². The van der Waals surface area contributed by atoms with Crippen molar-refractivity contribution in [3.63, 3.8) is 0 Å². The summed E-state index contributed by atoms with van der Waals surface area (Å²) >= 11 is 6.16. The topological polar surface area (TPSA) is 42.7 Å². The lowest BCUT2D eigenvalue weighted by atomic mass is 9.72. The molecule has 2 aromatic rings. The molecule has 1 aliphatic heterocycles. The van der Waals surface area contributed by atoms with E-state index in [1.807, 2.05) is 16.8 Å². The van der Waals surface area contributed by atoms with Gasteiger partial charge < -0.3 is 5.32 Å². The number of hydrogen-bond donors (Lipinski definition) is 1. The Kier molecular flexibility index (Phi) is 4.00. The lowest BCUT2D eigenvalue weighted by Crippen LogP contribution is -2.58. The van der Waals surface area contributed by atoms with Crippen molar-refractivity contribution in [2.75, 3.05) is 13.1 Å². The number of nitrogens with one attached hydrogen (secondary N) is 1. The molecule has 1 aromatic heterocycles.